The summed E-state index contributed by atoms with van der Waals surface area (Å²) in [6.45, 7) is -1.30. The molecule has 0 unspecified atom stereocenters. The third kappa shape index (κ3) is 2.24. The van der Waals surface area contributed by atoms with Crippen molar-refractivity contribution in [2.75, 3.05) is 18.9 Å². The van der Waals surface area contributed by atoms with E-state index >= 15 is 0 Å². The number of benzene rings is 1. The number of nitrogens with zero attached hydrogens (tertiary/aromatic N) is 1. The molecule has 0 heterocycles. The lowest BCUT2D eigenvalue weighted by atomic mass is 9.85. The molecule has 0 atom stereocenters. The Kier molecular flexibility index (Phi) is 0.789. The van der Waals surface area contributed by atoms with Crippen LogP contribution in [0, 0.1) is 0 Å². The maximum absolute atomic E-state index is 8.05. The molecule has 0 aromatic heterocycles. The van der Waals surface area contributed by atoms with Crippen molar-refractivity contribution in [1.82, 2.24) is 0 Å². The second-order valence-electron chi connectivity index (χ2n) is 3.81. The Morgan fingerprint density at radius 2 is 1.85 bits per heavy atom. The number of anilines is 1. The molecule has 13 heavy (non-hydrogen) atoms. The van der Waals surface area contributed by atoms with Gasteiger partial charge in [-0.05, 0) is 17.0 Å². The normalized spacial score (nSPS) is 24.5. The predicted octanol–water partition coefficient (Wildman–Crippen LogP) is 3.05. The highest BCUT2D eigenvalue weighted by Gasteiger charge is 2.17. The quantitative estimate of drug-likeness (QED) is 0.653. The fraction of sp³-hybridized carbons (Fsp3) is 0.500. The standard InChI is InChI=1S/C12H19N/c1-12(2,3)10-8-6-7-9-11(10)13(4)5/h6-9H,1-5H3/i4D3,5D3,6D,7D,8D,9D. The molecule has 0 saturated heterocycles. The van der Waals surface area contributed by atoms with E-state index in [4.69, 9.17) is 13.7 Å². The van der Waals surface area contributed by atoms with Crippen LogP contribution in [0.25, 0.3) is 0 Å². The van der Waals surface area contributed by atoms with Crippen LogP contribution in [0.4, 0.5) is 5.69 Å². The minimum absolute atomic E-state index is 0.0456. The SMILES string of the molecule is [2H]c1c([2H])c([2H])c(C(C)(C)C)c(N(C([2H])([2H])[2H])C([2H])([2H])[2H])c1[2H]. The van der Waals surface area contributed by atoms with Gasteiger partial charge in [-0.25, -0.2) is 0 Å². The minimum atomic E-state index is -3.09. The summed E-state index contributed by atoms with van der Waals surface area (Å²) in [6.07, 6.45) is 0. The molecule has 0 aliphatic carbocycles. The first-order valence-corrected chi connectivity index (χ1v) is 3.92. The molecule has 0 aliphatic heterocycles. The second-order valence-corrected chi connectivity index (χ2v) is 3.81. The molecule has 0 radical (unpaired) electrons. The zero-order valence-electron chi connectivity index (χ0n) is 17.9. The molecule has 0 aliphatic rings. The highest BCUT2D eigenvalue weighted by molar-refractivity contribution is 5.55. The van der Waals surface area contributed by atoms with Crippen LogP contribution in [0.2, 0.25) is 0 Å². The lowest BCUT2D eigenvalue weighted by molar-refractivity contribution is 0.590. The first-order valence-electron chi connectivity index (χ1n) is 8.92. The Balaban J connectivity index is 4.03. The summed E-state index contributed by atoms with van der Waals surface area (Å²) in [7, 11) is 0. The summed E-state index contributed by atoms with van der Waals surface area (Å²) in [4.78, 5) is 0.123. The van der Waals surface area contributed by atoms with Gasteiger partial charge >= 0.3 is 0 Å². The number of para-hydroxylation sites is 1. The van der Waals surface area contributed by atoms with Crippen molar-refractivity contribution in [3.05, 3.63) is 29.7 Å². The van der Waals surface area contributed by atoms with E-state index in [1.165, 1.54) is 0 Å². The molecule has 0 saturated carbocycles. The van der Waals surface area contributed by atoms with Gasteiger partial charge in [-0.1, -0.05) is 38.9 Å². The summed E-state index contributed by atoms with van der Waals surface area (Å²) in [5.41, 5.74) is -1.44. The molecule has 0 fully saturated rings. The summed E-state index contributed by atoms with van der Waals surface area (Å²) >= 11 is 0. The van der Waals surface area contributed by atoms with E-state index in [1.54, 1.807) is 20.8 Å². The first-order chi connectivity index (χ1) is 10.0. The summed E-state index contributed by atoms with van der Waals surface area (Å²) in [5.74, 6) is 0. The molecule has 1 nitrogen and oxygen atoms in total. The maximum atomic E-state index is 8.05. The van der Waals surface area contributed by atoms with Crippen LogP contribution in [-0.4, -0.2) is 14.0 Å². The van der Waals surface area contributed by atoms with Crippen LogP contribution in [0.1, 0.15) is 40.0 Å². The van der Waals surface area contributed by atoms with Gasteiger partial charge in [-0.2, -0.15) is 0 Å². The van der Waals surface area contributed by atoms with Gasteiger partial charge in [0.25, 0.3) is 0 Å². The van der Waals surface area contributed by atoms with Crippen LogP contribution in [0.3, 0.4) is 0 Å². The largest absolute Gasteiger partial charge is 0.377 e. The Morgan fingerprint density at radius 3 is 2.38 bits per heavy atom. The van der Waals surface area contributed by atoms with Crippen molar-refractivity contribution in [3.63, 3.8) is 0 Å². The predicted molar refractivity (Wildman–Crippen MR) is 59.5 cm³/mol. The van der Waals surface area contributed by atoms with Gasteiger partial charge in [0, 0.05) is 27.9 Å². The van der Waals surface area contributed by atoms with Crippen molar-refractivity contribution in [1.29, 1.82) is 0 Å². The Hall–Kier alpha value is -0.980. The zero-order valence-corrected chi connectivity index (χ0v) is 7.95. The number of hydrogen-bond acceptors (Lipinski definition) is 1. The molecule has 1 rings (SSSR count). The second kappa shape index (κ2) is 3.41. The zero-order chi connectivity index (χ0) is 18.5. The van der Waals surface area contributed by atoms with E-state index in [-0.39, 0.29) is 10.5 Å². The van der Waals surface area contributed by atoms with Crippen molar-refractivity contribution in [2.24, 2.45) is 0 Å². The van der Waals surface area contributed by atoms with E-state index in [0.29, 0.717) is 0 Å². The maximum Gasteiger partial charge on any atom is 0.0645 e. The van der Waals surface area contributed by atoms with Gasteiger partial charge in [0.15, 0.2) is 0 Å². The van der Waals surface area contributed by atoms with Crippen molar-refractivity contribution in [3.8, 4) is 0 Å². The Labute approximate surface area is 95.4 Å². The van der Waals surface area contributed by atoms with Crippen molar-refractivity contribution < 1.29 is 13.7 Å². The lowest BCUT2D eigenvalue weighted by Gasteiger charge is -2.26. The first kappa shape index (κ1) is 3.01. The highest BCUT2D eigenvalue weighted by atomic mass is 15.1. The van der Waals surface area contributed by atoms with Gasteiger partial charge in [0.05, 0.1) is 5.48 Å². The molecule has 0 amide bonds. The third-order valence-electron chi connectivity index (χ3n) is 1.64. The van der Waals surface area contributed by atoms with Gasteiger partial charge in [0.2, 0.25) is 0 Å². The molecule has 1 heteroatoms. The fourth-order valence-corrected chi connectivity index (χ4v) is 1.02. The number of rotatable bonds is 1. The van der Waals surface area contributed by atoms with E-state index in [2.05, 4.69) is 0 Å². The van der Waals surface area contributed by atoms with Gasteiger partial charge < -0.3 is 4.90 Å². The minimum Gasteiger partial charge on any atom is -0.377 e. The van der Waals surface area contributed by atoms with E-state index in [0.717, 1.165) is 0 Å². The highest BCUT2D eigenvalue weighted by Crippen LogP contribution is 2.30. The Morgan fingerprint density at radius 1 is 1.23 bits per heavy atom. The van der Waals surface area contributed by atoms with Crippen LogP contribution in [0.5, 0.6) is 0 Å². The summed E-state index contributed by atoms with van der Waals surface area (Å²) in [5, 5.41) is 0. The molecule has 0 spiro atoms. The van der Waals surface area contributed by atoms with Crippen LogP contribution >= 0.6 is 0 Å². The van der Waals surface area contributed by atoms with Crippen molar-refractivity contribution >= 4 is 5.69 Å². The van der Waals surface area contributed by atoms with Gasteiger partial charge in [-0.15, -0.1) is 0 Å². The molecular formula is C12H19N. The average molecular weight is 187 g/mol. The van der Waals surface area contributed by atoms with Crippen LogP contribution in [0.15, 0.2) is 24.2 Å². The van der Waals surface area contributed by atoms with E-state index in [1.807, 2.05) is 0 Å². The topological polar surface area (TPSA) is 3.24 Å². The van der Waals surface area contributed by atoms with Crippen LogP contribution in [-0.2, 0) is 5.41 Å². The van der Waals surface area contributed by atoms with Gasteiger partial charge in [-0.3, -0.25) is 0 Å². The molecule has 0 N–H and O–H groups in total. The number of hydrogen-bond donors (Lipinski definition) is 0. The molecule has 0 bridgehead atoms. The van der Waals surface area contributed by atoms with E-state index in [9.17, 15) is 0 Å². The Bertz CT molecular complexity index is 594. The molecule has 1 aromatic carbocycles. The monoisotopic (exact) mass is 187 g/mol. The van der Waals surface area contributed by atoms with Crippen LogP contribution < -0.4 is 4.90 Å². The summed E-state index contributed by atoms with van der Waals surface area (Å²) in [6, 6.07) is -2.31. The summed E-state index contributed by atoms with van der Waals surface area (Å²) < 4.78 is 76.7. The molecule has 72 valence electrons. The smallest absolute Gasteiger partial charge is 0.0645 e. The average Bonchev–Trinajstić information content (AvgIpc) is 2.28. The molecular weight excluding hydrogens is 158 g/mol. The van der Waals surface area contributed by atoms with Gasteiger partial charge in [0.1, 0.15) is 0 Å². The fourth-order valence-electron chi connectivity index (χ4n) is 1.02. The lowest BCUT2D eigenvalue weighted by Crippen LogP contribution is -2.18. The molecule has 1 aromatic rings. The third-order valence-corrected chi connectivity index (χ3v) is 1.64. The van der Waals surface area contributed by atoms with Crippen molar-refractivity contribution in [2.45, 2.75) is 26.2 Å². The van der Waals surface area contributed by atoms with E-state index < -0.39 is 49.2 Å².